The number of methoxy groups -OCH3 is 1. The summed E-state index contributed by atoms with van der Waals surface area (Å²) in [7, 11) is -2.53. The van der Waals surface area contributed by atoms with Crippen molar-refractivity contribution in [2.75, 3.05) is 18.0 Å². The number of ether oxygens (including phenoxy) is 1. The Balaban J connectivity index is 1.54. The first-order chi connectivity index (χ1) is 19.1. The monoisotopic (exact) mass is 749 g/mol. The highest BCUT2D eigenvalue weighted by atomic mass is 79.9. The van der Waals surface area contributed by atoms with Crippen LogP contribution in [0.3, 0.4) is 0 Å². The normalized spacial score (nSPS) is 12.5. The number of sulfonamides is 1. The van der Waals surface area contributed by atoms with Crippen LogP contribution in [0.25, 0.3) is 21.8 Å². The third-order valence-electron chi connectivity index (χ3n) is 6.53. The fraction of sp³-hybridized carbons (Fsp3) is 0.143. The van der Waals surface area contributed by atoms with Crippen molar-refractivity contribution in [1.29, 1.82) is 0 Å². The van der Waals surface area contributed by atoms with Gasteiger partial charge in [-0.25, -0.2) is 8.42 Å². The number of non-ortho nitro benzene ring substituents is 1. The van der Waals surface area contributed by atoms with E-state index in [1.165, 1.54) is 35.7 Å². The second-order valence-electron chi connectivity index (χ2n) is 9.02. The molecule has 0 saturated carbocycles. The fourth-order valence-corrected chi connectivity index (χ4v) is 7.64. The summed E-state index contributed by atoms with van der Waals surface area (Å²) in [6.07, 6.45) is 0. The first-order valence-corrected chi connectivity index (χ1v) is 15.9. The van der Waals surface area contributed by atoms with Crippen molar-refractivity contribution >= 4 is 91.0 Å². The van der Waals surface area contributed by atoms with Crippen LogP contribution in [-0.2, 0) is 16.6 Å². The summed E-state index contributed by atoms with van der Waals surface area (Å²) >= 11 is 10.9. The van der Waals surface area contributed by atoms with Crippen molar-refractivity contribution in [3.05, 3.63) is 104 Å². The summed E-state index contributed by atoms with van der Waals surface area (Å²) in [5, 5.41) is 13.3. The topological polar surface area (TPSA) is 94.7 Å². The van der Waals surface area contributed by atoms with Crippen LogP contribution in [0.15, 0.2) is 98.8 Å². The van der Waals surface area contributed by atoms with Gasteiger partial charge in [0.15, 0.2) is 0 Å². The molecule has 1 unspecified atom stereocenters. The van der Waals surface area contributed by atoms with Gasteiger partial charge in [0.1, 0.15) is 5.75 Å². The zero-order valence-electron chi connectivity index (χ0n) is 21.0. The number of fused-ring (bicyclic) bond motifs is 3. The summed E-state index contributed by atoms with van der Waals surface area (Å²) in [5.41, 5.74) is 2.31. The Morgan fingerprint density at radius 1 is 0.900 bits per heavy atom. The average Bonchev–Trinajstić information content (AvgIpc) is 3.23. The summed E-state index contributed by atoms with van der Waals surface area (Å²) < 4.78 is 38.5. The van der Waals surface area contributed by atoms with Gasteiger partial charge in [0, 0.05) is 56.0 Å². The van der Waals surface area contributed by atoms with Gasteiger partial charge in [-0.15, -0.1) is 0 Å². The van der Waals surface area contributed by atoms with E-state index in [9.17, 15) is 18.5 Å². The van der Waals surface area contributed by atoms with Crippen LogP contribution in [0, 0.1) is 10.1 Å². The molecule has 0 fully saturated rings. The minimum atomic E-state index is -4.07. The van der Waals surface area contributed by atoms with Gasteiger partial charge in [-0.3, -0.25) is 14.4 Å². The van der Waals surface area contributed by atoms with E-state index in [2.05, 4.69) is 64.5 Å². The van der Waals surface area contributed by atoms with Gasteiger partial charge in [-0.05, 0) is 72.8 Å². The Bertz CT molecular complexity index is 1770. The van der Waals surface area contributed by atoms with Crippen LogP contribution in [0.5, 0.6) is 5.75 Å². The third-order valence-corrected chi connectivity index (χ3v) is 9.90. The number of aromatic nitrogens is 1. The Morgan fingerprint density at radius 3 is 1.95 bits per heavy atom. The molecule has 0 aliphatic carbocycles. The van der Waals surface area contributed by atoms with E-state index >= 15 is 0 Å². The van der Waals surface area contributed by atoms with Gasteiger partial charge in [0.2, 0.25) is 0 Å². The maximum Gasteiger partial charge on any atom is 0.269 e. The van der Waals surface area contributed by atoms with Crippen LogP contribution in [-0.4, -0.2) is 36.4 Å². The number of anilines is 1. The Kier molecular flexibility index (Phi) is 8.23. The van der Waals surface area contributed by atoms with Gasteiger partial charge in [-0.1, -0.05) is 47.8 Å². The van der Waals surface area contributed by atoms with Crippen LogP contribution in [0.1, 0.15) is 0 Å². The molecule has 0 aliphatic rings. The molecule has 0 amide bonds. The molecule has 1 heterocycles. The highest BCUT2D eigenvalue weighted by molar-refractivity contribution is 9.10. The van der Waals surface area contributed by atoms with Gasteiger partial charge < -0.3 is 9.30 Å². The lowest BCUT2D eigenvalue weighted by atomic mass is 10.2. The largest absolute Gasteiger partial charge is 0.497 e. The van der Waals surface area contributed by atoms with Crippen molar-refractivity contribution in [1.82, 2.24) is 4.57 Å². The minimum Gasteiger partial charge on any atom is -0.497 e. The fourth-order valence-electron chi connectivity index (χ4n) is 4.64. The minimum absolute atomic E-state index is 0.0415. The maximum atomic E-state index is 13.9. The standard InChI is InChI=1S/C28H22Br3N3O5S/c1-39-23-8-4-21(5-9-23)33(40(37,38)24-10-6-22(7-11-24)34(35)36)17-20(31)16-32-27-12-2-18(29)14-25(27)26-15-19(30)3-13-28(26)32/h2-15,20H,16-17H2,1H3. The molecule has 0 saturated heterocycles. The first kappa shape index (κ1) is 28.6. The van der Waals surface area contributed by atoms with Gasteiger partial charge in [-0.2, -0.15) is 0 Å². The molecule has 12 heteroatoms. The predicted octanol–water partition coefficient (Wildman–Crippen LogP) is 7.90. The summed E-state index contributed by atoms with van der Waals surface area (Å²) in [6.45, 7) is 0.575. The lowest BCUT2D eigenvalue weighted by Gasteiger charge is -2.27. The molecule has 4 aromatic carbocycles. The number of alkyl halides is 1. The Labute approximate surface area is 256 Å². The number of hydrogen-bond acceptors (Lipinski definition) is 5. The number of benzene rings is 4. The molecule has 40 heavy (non-hydrogen) atoms. The lowest BCUT2D eigenvalue weighted by molar-refractivity contribution is -0.384. The maximum absolute atomic E-state index is 13.9. The number of halogens is 3. The van der Waals surface area contributed by atoms with Crippen LogP contribution in [0.4, 0.5) is 11.4 Å². The smallest absolute Gasteiger partial charge is 0.269 e. The number of nitro groups is 1. The lowest BCUT2D eigenvalue weighted by Crippen LogP contribution is -2.37. The molecule has 1 aromatic heterocycles. The Hall–Kier alpha value is -2.93. The summed E-state index contributed by atoms with van der Waals surface area (Å²) in [6, 6.07) is 23.9. The van der Waals surface area contributed by atoms with E-state index in [1.807, 2.05) is 24.3 Å². The second-order valence-corrected chi connectivity index (χ2v) is 14.0. The van der Waals surface area contributed by atoms with E-state index in [1.54, 1.807) is 24.3 Å². The third kappa shape index (κ3) is 5.63. The van der Waals surface area contributed by atoms with Gasteiger partial charge in [0.25, 0.3) is 15.7 Å². The van der Waals surface area contributed by atoms with Crippen molar-refractivity contribution < 1.29 is 18.1 Å². The van der Waals surface area contributed by atoms with E-state index in [-0.39, 0.29) is 22.0 Å². The number of rotatable bonds is 9. The predicted molar refractivity (Wildman–Crippen MR) is 168 cm³/mol. The quantitative estimate of drug-likeness (QED) is 0.0868. The van der Waals surface area contributed by atoms with Crippen molar-refractivity contribution in [3.8, 4) is 5.75 Å². The number of nitro benzene ring substituents is 1. The molecule has 0 aliphatic heterocycles. The number of hydrogen-bond donors (Lipinski definition) is 0. The SMILES string of the molecule is COc1ccc(N(CC(Br)Cn2c3ccc(Br)cc3c3cc(Br)ccc32)S(=O)(=O)c2ccc([N+](=O)[O-])cc2)cc1. The van der Waals surface area contributed by atoms with Crippen molar-refractivity contribution in [2.24, 2.45) is 0 Å². The molecule has 5 rings (SSSR count). The molecule has 0 radical (unpaired) electrons. The van der Waals surface area contributed by atoms with E-state index in [0.717, 1.165) is 30.8 Å². The van der Waals surface area contributed by atoms with Crippen LogP contribution in [0.2, 0.25) is 0 Å². The second kappa shape index (κ2) is 11.5. The molecular formula is C28H22Br3N3O5S. The molecule has 0 N–H and O–H groups in total. The van der Waals surface area contributed by atoms with Gasteiger partial charge >= 0.3 is 0 Å². The average molecular weight is 752 g/mol. The molecule has 0 spiro atoms. The molecule has 1 atom stereocenters. The number of nitrogens with zero attached hydrogens (tertiary/aromatic N) is 3. The van der Waals surface area contributed by atoms with E-state index in [4.69, 9.17) is 4.74 Å². The van der Waals surface area contributed by atoms with E-state index in [0.29, 0.717) is 18.0 Å². The van der Waals surface area contributed by atoms with Gasteiger partial charge in [0.05, 0.1) is 27.4 Å². The summed E-state index contributed by atoms with van der Waals surface area (Å²) in [5.74, 6) is 0.592. The van der Waals surface area contributed by atoms with Crippen molar-refractivity contribution in [3.63, 3.8) is 0 Å². The highest BCUT2D eigenvalue weighted by Crippen LogP contribution is 2.34. The highest BCUT2D eigenvalue weighted by Gasteiger charge is 2.28. The summed E-state index contributed by atoms with van der Waals surface area (Å²) in [4.78, 5) is 10.2. The zero-order valence-corrected chi connectivity index (χ0v) is 26.6. The van der Waals surface area contributed by atoms with Crippen molar-refractivity contribution in [2.45, 2.75) is 16.3 Å². The zero-order chi connectivity index (χ0) is 28.6. The molecule has 5 aromatic rings. The first-order valence-electron chi connectivity index (χ1n) is 12.0. The molecular weight excluding hydrogens is 730 g/mol. The Morgan fingerprint density at radius 2 is 1.45 bits per heavy atom. The van der Waals surface area contributed by atoms with Crippen LogP contribution < -0.4 is 9.04 Å². The van der Waals surface area contributed by atoms with Crippen LogP contribution >= 0.6 is 47.8 Å². The molecule has 0 bridgehead atoms. The molecule has 8 nitrogen and oxygen atoms in total. The molecule has 206 valence electrons. The van der Waals surface area contributed by atoms with E-state index < -0.39 is 14.9 Å².